The highest BCUT2D eigenvalue weighted by Crippen LogP contribution is 2.42. The quantitative estimate of drug-likeness (QED) is 0.206. The summed E-state index contributed by atoms with van der Waals surface area (Å²) in [5.41, 5.74) is 3.67. The highest BCUT2D eigenvalue weighted by molar-refractivity contribution is 7.93. The molecule has 1 aliphatic heterocycles. The Hall–Kier alpha value is -4.17. The molecule has 234 valence electrons. The van der Waals surface area contributed by atoms with Gasteiger partial charge in [0.15, 0.2) is 0 Å². The molecule has 1 unspecified atom stereocenters. The van der Waals surface area contributed by atoms with Crippen LogP contribution in [0.15, 0.2) is 95.9 Å². The van der Waals surface area contributed by atoms with E-state index in [1.165, 1.54) is 10.7 Å². The minimum Gasteiger partial charge on any atom is -0.352 e. The number of anilines is 1. The first-order valence-corrected chi connectivity index (χ1v) is 17.5. The number of carbonyl (C=O) groups is 2. The molecule has 0 spiro atoms. The lowest BCUT2D eigenvalue weighted by molar-refractivity contribution is -0.141. The van der Waals surface area contributed by atoms with Crippen molar-refractivity contribution in [3.8, 4) is 0 Å². The van der Waals surface area contributed by atoms with Gasteiger partial charge < -0.3 is 10.2 Å². The van der Waals surface area contributed by atoms with Gasteiger partial charge in [0.2, 0.25) is 11.8 Å². The molecule has 7 nitrogen and oxygen atoms in total. The number of aryl methyl sites for hydroxylation is 1. The van der Waals surface area contributed by atoms with Crippen LogP contribution in [0.5, 0.6) is 0 Å². The summed E-state index contributed by atoms with van der Waals surface area (Å²) in [6, 6.07) is 28.2. The first kappa shape index (κ1) is 30.8. The molecule has 0 radical (unpaired) electrons. The third kappa shape index (κ3) is 6.76. The van der Waals surface area contributed by atoms with Crippen LogP contribution in [0.25, 0.3) is 10.8 Å². The standard InChI is InChI=1S/C37H41N3O4S/c1-27-12-8-15-29(24-27)26-39(33(25-28-13-4-2-5-14-28)37(42)38-31-18-6-3-7-19-31)35(41)22-11-23-40-32-20-9-16-30-17-10-21-34(36(30)32)45(40,43)44/h2,4-5,8-10,12-17,20-21,24,31,33H,3,6-7,11,18-19,22-23,25-26H2,1H3,(H,38,42). The summed E-state index contributed by atoms with van der Waals surface area (Å²) in [4.78, 5) is 30.2. The maximum atomic E-state index is 14.2. The number of nitrogens with zero attached hydrogens (tertiary/aromatic N) is 2. The summed E-state index contributed by atoms with van der Waals surface area (Å²) >= 11 is 0. The van der Waals surface area contributed by atoms with Crippen LogP contribution in [-0.2, 0) is 32.6 Å². The zero-order valence-corrected chi connectivity index (χ0v) is 26.6. The molecule has 1 atom stereocenters. The molecule has 1 heterocycles. The smallest absolute Gasteiger partial charge is 0.265 e. The zero-order valence-electron chi connectivity index (χ0n) is 25.8. The Labute approximate surface area is 266 Å². The van der Waals surface area contributed by atoms with Crippen LogP contribution in [-0.4, -0.2) is 43.8 Å². The Morgan fingerprint density at radius 1 is 0.889 bits per heavy atom. The predicted molar refractivity (Wildman–Crippen MR) is 178 cm³/mol. The van der Waals surface area contributed by atoms with Gasteiger partial charge in [0, 0.05) is 37.4 Å². The van der Waals surface area contributed by atoms with E-state index in [1.807, 2.05) is 85.8 Å². The van der Waals surface area contributed by atoms with E-state index in [-0.39, 0.29) is 30.8 Å². The van der Waals surface area contributed by atoms with Crippen LogP contribution in [0, 0.1) is 6.92 Å². The lowest BCUT2D eigenvalue weighted by Crippen LogP contribution is -2.52. The monoisotopic (exact) mass is 623 g/mol. The van der Waals surface area contributed by atoms with E-state index in [4.69, 9.17) is 0 Å². The first-order valence-electron chi connectivity index (χ1n) is 16.0. The molecule has 2 aliphatic rings. The summed E-state index contributed by atoms with van der Waals surface area (Å²) in [5.74, 6) is -0.292. The van der Waals surface area contributed by atoms with Gasteiger partial charge in [0.1, 0.15) is 6.04 Å². The van der Waals surface area contributed by atoms with Gasteiger partial charge in [-0.2, -0.15) is 0 Å². The van der Waals surface area contributed by atoms with Crippen molar-refractivity contribution in [1.29, 1.82) is 0 Å². The second-order valence-electron chi connectivity index (χ2n) is 12.4. The molecule has 4 aromatic carbocycles. The van der Waals surface area contributed by atoms with Gasteiger partial charge in [-0.15, -0.1) is 0 Å². The molecule has 45 heavy (non-hydrogen) atoms. The summed E-state index contributed by atoms with van der Waals surface area (Å²) < 4.78 is 28.5. The van der Waals surface area contributed by atoms with E-state index in [1.54, 1.807) is 17.0 Å². The fourth-order valence-electron chi connectivity index (χ4n) is 6.82. The maximum Gasteiger partial charge on any atom is 0.265 e. The van der Waals surface area contributed by atoms with Crippen LogP contribution >= 0.6 is 0 Å². The fraction of sp³-hybridized carbons (Fsp3) is 0.351. The van der Waals surface area contributed by atoms with Crippen LogP contribution in [0.1, 0.15) is 61.6 Å². The third-order valence-electron chi connectivity index (χ3n) is 9.09. The molecule has 1 saturated carbocycles. The zero-order chi connectivity index (χ0) is 31.4. The molecule has 0 aromatic heterocycles. The van der Waals surface area contributed by atoms with E-state index >= 15 is 0 Å². The molecular weight excluding hydrogens is 582 g/mol. The largest absolute Gasteiger partial charge is 0.352 e. The van der Waals surface area contributed by atoms with Crippen LogP contribution in [0.4, 0.5) is 5.69 Å². The molecule has 1 aliphatic carbocycles. The maximum absolute atomic E-state index is 14.2. The second-order valence-corrected chi connectivity index (χ2v) is 14.2. The Bertz CT molecular complexity index is 1780. The van der Waals surface area contributed by atoms with Crippen molar-refractivity contribution >= 4 is 38.3 Å². The molecular formula is C37H41N3O4S. The van der Waals surface area contributed by atoms with Gasteiger partial charge in [-0.1, -0.05) is 104 Å². The van der Waals surface area contributed by atoms with Crippen molar-refractivity contribution in [2.24, 2.45) is 0 Å². The van der Waals surface area contributed by atoms with Crippen molar-refractivity contribution in [1.82, 2.24) is 10.2 Å². The lowest BCUT2D eigenvalue weighted by Gasteiger charge is -2.34. The van der Waals surface area contributed by atoms with Gasteiger partial charge >= 0.3 is 0 Å². The summed E-state index contributed by atoms with van der Waals surface area (Å²) in [6.45, 7) is 2.49. The number of nitrogens with one attached hydrogen (secondary N) is 1. The number of benzene rings is 4. The van der Waals surface area contributed by atoms with Crippen molar-refractivity contribution < 1.29 is 18.0 Å². The molecule has 4 aromatic rings. The first-order chi connectivity index (χ1) is 21.8. The van der Waals surface area contributed by atoms with Crippen molar-refractivity contribution in [2.75, 3.05) is 10.8 Å². The van der Waals surface area contributed by atoms with Crippen LogP contribution in [0.2, 0.25) is 0 Å². The number of amides is 2. The number of rotatable bonds is 11. The average molecular weight is 624 g/mol. The molecule has 1 fully saturated rings. The number of sulfonamides is 1. The Kier molecular flexibility index (Phi) is 9.21. The third-order valence-corrected chi connectivity index (χ3v) is 10.9. The Balaban J connectivity index is 1.25. The van der Waals surface area contributed by atoms with Crippen molar-refractivity contribution in [3.05, 3.63) is 108 Å². The van der Waals surface area contributed by atoms with Crippen LogP contribution < -0.4 is 9.62 Å². The van der Waals surface area contributed by atoms with Gasteiger partial charge in [-0.25, -0.2) is 8.42 Å². The molecule has 0 bridgehead atoms. The van der Waals surface area contributed by atoms with E-state index in [2.05, 4.69) is 5.32 Å². The van der Waals surface area contributed by atoms with E-state index in [9.17, 15) is 18.0 Å². The minimum absolute atomic E-state index is 0.116. The number of hydrogen-bond donors (Lipinski definition) is 1. The second kappa shape index (κ2) is 13.4. The van der Waals surface area contributed by atoms with Crippen molar-refractivity contribution in [3.63, 3.8) is 0 Å². The molecule has 8 heteroatoms. The topological polar surface area (TPSA) is 86.8 Å². The highest BCUT2D eigenvalue weighted by Gasteiger charge is 2.36. The summed E-state index contributed by atoms with van der Waals surface area (Å²) in [6.07, 6.45) is 6.12. The van der Waals surface area contributed by atoms with Gasteiger partial charge in [0.25, 0.3) is 10.0 Å². The SMILES string of the molecule is Cc1cccc(CN(C(=O)CCCN2c3cccc4cccc(c34)S2(=O)=O)C(Cc2ccccc2)C(=O)NC2CCCCC2)c1. The van der Waals surface area contributed by atoms with Crippen molar-refractivity contribution in [2.45, 2.75) is 81.8 Å². The van der Waals surface area contributed by atoms with E-state index < -0.39 is 16.1 Å². The molecule has 1 N–H and O–H groups in total. The Morgan fingerprint density at radius 2 is 1.60 bits per heavy atom. The van der Waals surface area contributed by atoms with E-state index in [0.717, 1.165) is 53.1 Å². The highest BCUT2D eigenvalue weighted by atomic mass is 32.2. The van der Waals surface area contributed by atoms with Gasteiger partial charge in [0.05, 0.1) is 10.6 Å². The number of carbonyl (C=O) groups excluding carboxylic acids is 2. The average Bonchev–Trinajstić information content (AvgIpc) is 3.26. The Morgan fingerprint density at radius 3 is 2.36 bits per heavy atom. The molecule has 2 amide bonds. The van der Waals surface area contributed by atoms with Gasteiger partial charge in [-0.3, -0.25) is 13.9 Å². The number of hydrogen-bond acceptors (Lipinski definition) is 4. The fourth-order valence-corrected chi connectivity index (χ4v) is 8.57. The minimum atomic E-state index is -3.71. The summed E-state index contributed by atoms with van der Waals surface area (Å²) in [7, 11) is -3.71. The van der Waals surface area contributed by atoms with Crippen LogP contribution in [0.3, 0.4) is 0 Å². The summed E-state index contributed by atoms with van der Waals surface area (Å²) in [5, 5.41) is 4.89. The molecule has 0 saturated heterocycles. The van der Waals surface area contributed by atoms with E-state index in [0.29, 0.717) is 30.0 Å². The predicted octanol–water partition coefficient (Wildman–Crippen LogP) is 6.53. The normalized spacial score (nSPS) is 16.4. The lowest BCUT2D eigenvalue weighted by atomic mass is 9.94. The molecule has 6 rings (SSSR count). The van der Waals surface area contributed by atoms with Gasteiger partial charge in [-0.05, 0) is 54.8 Å².